The Morgan fingerprint density at radius 2 is 2.29 bits per heavy atom. The number of carbonyl (C=O) groups is 2. The van der Waals surface area contributed by atoms with E-state index < -0.39 is 6.09 Å². The van der Waals surface area contributed by atoms with Gasteiger partial charge >= 0.3 is 6.09 Å². The van der Waals surface area contributed by atoms with Crippen molar-refractivity contribution in [3.63, 3.8) is 0 Å². The molecule has 5 heteroatoms. The molecule has 0 amide bonds. The summed E-state index contributed by atoms with van der Waals surface area (Å²) in [5.74, 6) is 0. The lowest BCUT2D eigenvalue weighted by molar-refractivity contribution is 0.112. The third-order valence-corrected chi connectivity index (χ3v) is 2.88. The van der Waals surface area contributed by atoms with Crippen LogP contribution in [0.15, 0.2) is 28.9 Å². The van der Waals surface area contributed by atoms with E-state index in [2.05, 4.69) is 15.9 Å². The molecule has 0 spiro atoms. The number of benzene rings is 1. The lowest BCUT2D eigenvalue weighted by Crippen LogP contribution is -2.12. The zero-order valence-corrected chi connectivity index (χ0v) is 10.7. The molecule has 88 valence electrons. The summed E-state index contributed by atoms with van der Waals surface area (Å²) in [7, 11) is 0. The molecule has 0 unspecified atom stereocenters. The lowest BCUT2D eigenvalue weighted by Gasteiger charge is -2.03. The maximum atomic E-state index is 11.7. The van der Waals surface area contributed by atoms with Gasteiger partial charge in [0.1, 0.15) is 0 Å². The average Bonchev–Trinajstić information content (AvgIpc) is 2.67. The van der Waals surface area contributed by atoms with Gasteiger partial charge in [0.25, 0.3) is 0 Å². The number of hydrogen-bond donors (Lipinski definition) is 0. The first-order chi connectivity index (χ1) is 8.17. The first kappa shape index (κ1) is 11.9. The predicted molar refractivity (Wildman–Crippen MR) is 67.4 cm³/mol. The molecule has 0 N–H and O–H groups in total. The topological polar surface area (TPSA) is 48.3 Å². The fraction of sp³-hybridized carbons (Fsp3) is 0.167. The number of ether oxygens (including phenoxy) is 1. The fourth-order valence-electron chi connectivity index (χ4n) is 1.67. The third-order valence-electron chi connectivity index (χ3n) is 2.39. The van der Waals surface area contributed by atoms with Crippen LogP contribution < -0.4 is 0 Å². The molecule has 4 nitrogen and oxygen atoms in total. The first-order valence-corrected chi connectivity index (χ1v) is 5.89. The molecule has 0 aliphatic carbocycles. The summed E-state index contributed by atoms with van der Waals surface area (Å²) in [6.45, 7) is 2.03. The van der Waals surface area contributed by atoms with E-state index in [9.17, 15) is 9.59 Å². The zero-order valence-electron chi connectivity index (χ0n) is 9.14. The summed E-state index contributed by atoms with van der Waals surface area (Å²) in [4.78, 5) is 22.6. The number of aldehydes is 1. The van der Waals surface area contributed by atoms with Crippen LogP contribution in [-0.2, 0) is 4.74 Å². The molecule has 0 aliphatic heterocycles. The highest BCUT2D eigenvalue weighted by atomic mass is 79.9. The van der Waals surface area contributed by atoms with E-state index >= 15 is 0 Å². The largest absolute Gasteiger partial charge is 0.449 e. The van der Waals surface area contributed by atoms with Gasteiger partial charge in [0.15, 0.2) is 6.29 Å². The van der Waals surface area contributed by atoms with Crippen LogP contribution in [-0.4, -0.2) is 23.6 Å². The first-order valence-electron chi connectivity index (χ1n) is 5.10. The molecule has 1 aromatic heterocycles. The highest BCUT2D eigenvalue weighted by molar-refractivity contribution is 9.10. The number of carbonyl (C=O) groups excluding carboxylic acids is 2. The molecule has 0 atom stereocenters. The Bertz CT molecular complexity index is 589. The van der Waals surface area contributed by atoms with Crippen molar-refractivity contribution in [2.24, 2.45) is 0 Å². The van der Waals surface area contributed by atoms with Crippen molar-refractivity contribution < 1.29 is 14.3 Å². The van der Waals surface area contributed by atoms with E-state index in [1.807, 2.05) is 6.07 Å². The Balaban J connectivity index is 2.65. The summed E-state index contributed by atoms with van der Waals surface area (Å²) in [5, 5.41) is 0.724. The molecule has 2 rings (SSSR count). The molecule has 0 fully saturated rings. The quantitative estimate of drug-likeness (QED) is 0.799. The van der Waals surface area contributed by atoms with Gasteiger partial charge in [0, 0.05) is 21.6 Å². The monoisotopic (exact) mass is 295 g/mol. The molecule has 0 radical (unpaired) electrons. The molecule has 1 heterocycles. The van der Waals surface area contributed by atoms with Gasteiger partial charge in [-0.2, -0.15) is 0 Å². The maximum Gasteiger partial charge on any atom is 0.418 e. The van der Waals surface area contributed by atoms with Crippen LogP contribution in [0.5, 0.6) is 0 Å². The molecule has 0 saturated heterocycles. The van der Waals surface area contributed by atoms with Crippen molar-refractivity contribution in [3.05, 3.63) is 34.4 Å². The lowest BCUT2D eigenvalue weighted by atomic mass is 10.2. The van der Waals surface area contributed by atoms with Gasteiger partial charge in [-0.25, -0.2) is 4.79 Å². The summed E-state index contributed by atoms with van der Waals surface area (Å²) in [6.07, 6.45) is 1.74. The minimum absolute atomic E-state index is 0.297. The van der Waals surface area contributed by atoms with E-state index in [0.717, 1.165) is 16.1 Å². The van der Waals surface area contributed by atoms with E-state index in [0.29, 0.717) is 17.7 Å². The molecule has 0 aliphatic rings. The van der Waals surface area contributed by atoms with Gasteiger partial charge < -0.3 is 4.74 Å². The Morgan fingerprint density at radius 1 is 1.53 bits per heavy atom. The summed E-state index contributed by atoms with van der Waals surface area (Å²) < 4.78 is 7.12. The van der Waals surface area contributed by atoms with Gasteiger partial charge in [-0.3, -0.25) is 9.36 Å². The third kappa shape index (κ3) is 2.10. The number of fused-ring (bicyclic) bond motifs is 1. The highest BCUT2D eigenvalue weighted by Gasteiger charge is 2.13. The minimum atomic E-state index is -0.479. The number of aromatic nitrogens is 1. The van der Waals surface area contributed by atoms with Gasteiger partial charge in [-0.05, 0) is 25.1 Å². The smallest absolute Gasteiger partial charge is 0.418 e. The number of nitrogens with zero attached hydrogens (tertiary/aromatic N) is 1. The molecule has 0 saturated carbocycles. The number of rotatable bonds is 2. The maximum absolute atomic E-state index is 11.7. The van der Waals surface area contributed by atoms with Crippen molar-refractivity contribution in [1.29, 1.82) is 0 Å². The average molecular weight is 296 g/mol. The van der Waals surface area contributed by atoms with Crippen molar-refractivity contribution in [3.8, 4) is 0 Å². The second-order valence-corrected chi connectivity index (χ2v) is 4.35. The van der Waals surface area contributed by atoms with Gasteiger partial charge in [0.05, 0.1) is 12.1 Å². The fourth-order valence-corrected chi connectivity index (χ4v) is 2.03. The van der Waals surface area contributed by atoms with Crippen LogP contribution in [0.25, 0.3) is 10.9 Å². The summed E-state index contributed by atoms with van der Waals surface area (Å²) in [5.41, 5.74) is 1.13. The van der Waals surface area contributed by atoms with Crippen molar-refractivity contribution in [2.45, 2.75) is 6.92 Å². The molecular formula is C12H10BrNO3. The van der Waals surface area contributed by atoms with Gasteiger partial charge in [-0.15, -0.1) is 0 Å². The molecule has 17 heavy (non-hydrogen) atoms. The van der Waals surface area contributed by atoms with Crippen LogP contribution in [0.4, 0.5) is 4.79 Å². The van der Waals surface area contributed by atoms with Crippen LogP contribution in [0.2, 0.25) is 0 Å². The number of hydrogen-bond acceptors (Lipinski definition) is 3. The predicted octanol–water partition coefficient (Wildman–Crippen LogP) is 3.22. The van der Waals surface area contributed by atoms with E-state index in [1.165, 1.54) is 10.8 Å². The minimum Gasteiger partial charge on any atom is -0.449 e. The van der Waals surface area contributed by atoms with Crippen molar-refractivity contribution in [2.75, 3.05) is 6.61 Å². The standard InChI is InChI=1S/C12H10BrNO3/c1-2-17-12(16)14-6-8(7-15)10-5-9(13)3-4-11(10)14/h3-7H,2H2,1H3. The van der Waals surface area contributed by atoms with Crippen LogP contribution in [0, 0.1) is 0 Å². The highest BCUT2D eigenvalue weighted by Crippen LogP contribution is 2.24. The van der Waals surface area contributed by atoms with Gasteiger partial charge in [-0.1, -0.05) is 15.9 Å². The SMILES string of the molecule is CCOC(=O)n1cc(C=O)c2cc(Br)ccc21. The van der Waals surface area contributed by atoms with Crippen LogP contribution >= 0.6 is 15.9 Å². The molecule has 0 bridgehead atoms. The normalized spacial score (nSPS) is 10.5. The van der Waals surface area contributed by atoms with Crippen molar-refractivity contribution >= 4 is 39.2 Å². The summed E-state index contributed by atoms with van der Waals surface area (Å²) >= 11 is 3.33. The Hall–Kier alpha value is -1.62. The Kier molecular flexibility index (Phi) is 3.28. The summed E-state index contributed by atoms with van der Waals surface area (Å²) in [6, 6.07) is 5.38. The Labute approximate surface area is 106 Å². The zero-order chi connectivity index (χ0) is 12.4. The van der Waals surface area contributed by atoms with Crippen molar-refractivity contribution in [1.82, 2.24) is 4.57 Å². The van der Waals surface area contributed by atoms with Crippen LogP contribution in [0.3, 0.4) is 0 Å². The molecule has 1 aromatic carbocycles. The number of halogens is 1. The second kappa shape index (κ2) is 4.71. The van der Waals surface area contributed by atoms with E-state index in [1.54, 1.807) is 19.1 Å². The van der Waals surface area contributed by atoms with Gasteiger partial charge in [0.2, 0.25) is 0 Å². The van der Waals surface area contributed by atoms with E-state index in [-0.39, 0.29) is 0 Å². The Morgan fingerprint density at radius 3 is 2.94 bits per heavy atom. The van der Waals surface area contributed by atoms with Crippen LogP contribution in [0.1, 0.15) is 17.3 Å². The molecule has 2 aromatic rings. The second-order valence-electron chi connectivity index (χ2n) is 3.43. The molecular weight excluding hydrogens is 286 g/mol. The van der Waals surface area contributed by atoms with E-state index in [4.69, 9.17) is 4.74 Å².